The first-order valence-corrected chi connectivity index (χ1v) is 6.65. The highest BCUT2D eigenvalue weighted by atomic mass is 16.5. The molecule has 2 amide bonds. The van der Waals surface area contributed by atoms with Gasteiger partial charge in [0.2, 0.25) is 5.91 Å². The molecule has 2 rings (SSSR count). The third-order valence-electron chi connectivity index (χ3n) is 3.25. The monoisotopic (exact) mass is 277 g/mol. The number of ether oxygens (including phenoxy) is 1. The van der Waals surface area contributed by atoms with Crippen molar-refractivity contribution in [3.05, 3.63) is 35.4 Å². The molecule has 0 spiro atoms. The lowest BCUT2D eigenvalue weighted by Crippen LogP contribution is -2.41. The summed E-state index contributed by atoms with van der Waals surface area (Å²) in [6.07, 6.45) is 0. The van der Waals surface area contributed by atoms with Crippen molar-refractivity contribution >= 4 is 11.8 Å². The van der Waals surface area contributed by atoms with Crippen LogP contribution in [0.15, 0.2) is 24.3 Å². The Hall–Kier alpha value is -1.92. The lowest BCUT2D eigenvalue weighted by Gasteiger charge is -2.26. The van der Waals surface area contributed by atoms with Crippen LogP contribution in [-0.4, -0.2) is 56.1 Å². The fourth-order valence-electron chi connectivity index (χ4n) is 2.14. The molecule has 108 valence electrons. The highest BCUT2D eigenvalue weighted by Crippen LogP contribution is 2.07. The van der Waals surface area contributed by atoms with E-state index in [1.807, 2.05) is 0 Å². The van der Waals surface area contributed by atoms with Gasteiger partial charge in [-0.25, -0.2) is 0 Å². The fraction of sp³-hybridized carbons (Fsp3) is 0.429. The zero-order chi connectivity index (χ0) is 14.4. The first kappa shape index (κ1) is 14.5. The van der Waals surface area contributed by atoms with Gasteiger partial charge in [-0.2, -0.15) is 0 Å². The number of nitrogens with one attached hydrogen (secondary N) is 1. The largest absolute Gasteiger partial charge is 0.379 e. The van der Waals surface area contributed by atoms with E-state index < -0.39 is 5.91 Å². The van der Waals surface area contributed by atoms with E-state index in [4.69, 9.17) is 10.5 Å². The third-order valence-corrected chi connectivity index (χ3v) is 3.25. The van der Waals surface area contributed by atoms with Crippen LogP contribution in [0.4, 0.5) is 0 Å². The van der Waals surface area contributed by atoms with Crippen LogP contribution in [0.1, 0.15) is 20.7 Å². The lowest BCUT2D eigenvalue weighted by molar-refractivity contribution is 0.0383. The van der Waals surface area contributed by atoms with E-state index in [0.717, 1.165) is 32.8 Å². The minimum absolute atomic E-state index is 0.247. The van der Waals surface area contributed by atoms with Crippen molar-refractivity contribution in [2.24, 2.45) is 5.73 Å². The Bertz CT molecular complexity index is 484. The van der Waals surface area contributed by atoms with E-state index in [2.05, 4.69) is 10.2 Å². The van der Waals surface area contributed by atoms with Crippen molar-refractivity contribution in [1.82, 2.24) is 10.2 Å². The molecule has 0 aliphatic carbocycles. The van der Waals surface area contributed by atoms with Crippen LogP contribution >= 0.6 is 0 Å². The molecule has 0 radical (unpaired) electrons. The van der Waals surface area contributed by atoms with Crippen LogP contribution in [0, 0.1) is 0 Å². The summed E-state index contributed by atoms with van der Waals surface area (Å²) in [5, 5.41) is 2.81. The van der Waals surface area contributed by atoms with Crippen molar-refractivity contribution in [1.29, 1.82) is 0 Å². The van der Waals surface area contributed by atoms with Crippen LogP contribution in [0.2, 0.25) is 0 Å². The highest BCUT2D eigenvalue weighted by molar-refractivity contribution is 6.06. The minimum atomic E-state index is -0.594. The zero-order valence-corrected chi connectivity index (χ0v) is 11.3. The molecule has 6 nitrogen and oxygen atoms in total. The van der Waals surface area contributed by atoms with Crippen LogP contribution in [-0.2, 0) is 4.74 Å². The molecule has 1 aliphatic rings. The second-order valence-electron chi connectivity index (χ2n) is 4.62. The Balaban J connectivity index is 1.87. The number of carbonyl (C=O) groups excluding carboxylic acids is 2. The first-order valence-electron chi connectivity index (χ1n) is 6.65. The number of amides is 2. The Morgan fingerprint density at radius 3 is 2.50 bits per heavy atom. The topological polar surface area (TPSA) is 84.7 Å². The highest BCUT2D eigenvalue weighted by Gasteiger charge is 2.15. The van der Waals surface area contributed by atoms with Crippen LogP contribution in [0.5, 0.6) is 0 Å². The predicted molar refractivity (Wildman–Crippen MR) is 74.6 cm³/mol. The standard InChI is InChI=1S/C14H19N3O3/c15-13(18)11-3-1-2-4-12(11)14(19)16-5-6-17-7-9-20-10-8-17/h1-4H,5-10H2,(H2,15,18)(H,16,19). The number of nitrogens with zero attached hydrogens (tertiary/aromatic N) is 1. The Morgan fingerprint density at radius 2 is 1.85 bits per heavy atom. The van der Waals surface area contributed by atoms with E-state index in [1.54, 1.807) is 24.3 Å². The molecule has 3 N–H and O–H groups in total. The molecular formula is C14H19N3O3. The summed E-state index contributed by atoms with van der Waals surface area (Å²) in [7, 11) is 0. The number of primary amides is 1. The number of hydrogen-bond acceptors (Lipinski definition) is 4. The number of morpholine rings is 1. The number of rotatable bonds is 5. The van der Waals surface area contributed by atoms with E-state index in [-0.39, 0.29) is 11.5 Å². The second-order valence-corrected chi connectivity index (χ2v) is 4.62. The average Bonchev–Trinajstić information content (AvgIpc) is 2.48. The van der Waals surface area contributed by atoms with Gasteiger partial charge in [-0.15, -0.1) is 0 Å². The molecule has 0 saturated carbocycles. The quantitative estimate of drug-likeness (QED) is 0.783. The number of benzene rings is 1. The first-order chi connectivity index (χ1) is 9.68. The van der Waals surface area contributed by atoms with Gasteiger partial charge in [-0.05, 0) is 12.1 Å². The van der Waals surface area contributed by atoms with Gasteiger partial charge in [0.1, 0.15) is 0 Å². The predicted octanol–water partition coefficient (Wildman–Crippen LogP) is -0.152. The molecule has 0 bridgehead atoms. The van der Waals surface area contributed by atoms with Crippen molar-refractivity contribution in [3.63, 3.8) is 0 Å². The fourth-order valence-corrected chi connectivity index (χ4v) is 2.14. The molecule has 1 aromatic carbocycles. The van der Waals surface area contributed by atoms with E-state index >= 15 is 0 Å². The normalized spacial score (nSPS) is 15.8. The molecular weight excluding hydrogens is 258 g/mol. The summed E-state index contributed by atoms with van der Waals surface area (Å²) in [6.45, 7) is 4.54. The number of hydrogen-bond donors (Lipinski definition) is 2. The average molecular weight is 277 g/mol. The molecule has 0 aromatic heterocycles. The van der Waals surface area contributed by atoms with Crippen LogP contribution < -0.4 is 11.1 Å². The molecule has 20 heavy (non-hydrogen) atoms. The van der Waals surface area contributed by atoms with E-state index in [1.165, 1.54) is 0 Å². The zero-order valence-electron chi connectivity index (χ0n) is 11.3. The maximum Gasteiger partial charge on any atom is 0.252 e. The lowest BCUT2D eigenvalue weighted by atomic mass is 10.1. The Kier molecular flexibility index (Phi) is 5.09. The third kappa shape index (κ3) is 3.79. The van der Waals surface area contributed by atoms with Gasteiger partial charge in [0, 0.05) is 26.2 Å². The van der Waals surface area contributed by atoms with Crippen molar-refractivity contribution in [2.45, 2.75) is 0 Å². The van der Waals surface area contributed by atoms with Gasteiger partial charge in [-0.1, -0.05) is 12.1 Å². The van der Waals surface area contributed by atoms with Crippen molar-refractivity contribution < 1.29 is 14.3 Å². The summed E-state index contributed by atoms with van der Waals surface area (Å²) in [6, 6.07) is 6.55. The van der Waals surface area contributed by atoms with Crippen molar-refractivity contribution in [3.8, 4) is 0 Å². The van der Waals surface area contributed by atoms with Gasteiger partial charge in [0.05, 0.1) is 24.3 Å². The molecule has 1 aliphatic heterocycles. The maximum absolute atomic E-state index is 12.0. The maximum atomic E-state index is 12.0. The molecule has 6 heteroatoms. The summed E-state index contributed by atoms with van der Waals surface area (Å²) in [4.78, 5) is 25.5. The Morgan fingerprint density at radius 1 is 1.20 bits per heavy atom. The molecule has 1 heterocycles. The summed E-state index contributed by atoms with van der Waals surface area (Å²) in [5.74, 6) is -0.864. The summed E-state index contributed by atoms with van der Waals surface area (Å²) >= 11 is 0. The van der Waals surface area contributed by atoms with E-state index in [9.17, 15) is 9.59 Å². The van der Waals surface area contributed by atoms with Crippen LogP contribution in [0.3, 0.4) is 0 Å². The number of nitrogens with two attached hydrogens (primary N) is 1. The van der Waals surface area contributed by atoms with Gasteiger partial charge in [0.25, 0.3) is 5.91 Å². The summed E-state index contributed by atoms with van der Waals surface area (Å²) < 4.78 is 5.26. The van der Waals surface area contributed by atoms with Gasteiger partial charge in [0.15, 0.2) is 0 Å². The smallest absolute Gasteiger partial charge is 0.252 e. The van der Waals surface area contributed by atoms with Crippen molar-refractivity contribution in [2.75, 3.05) is 39.4 Å². The molecule has 1 fully saturated rings. The summed E-state index contributed by atoms with van der Waals surface area (Å²) in [5.41, 5.74) is 5.82. The van der Waals surface area contributed by atoms with Gasteiger partial charge < -0.3 is 15.8 Å². The number of carbonyl (C=O) groups is 2. The SMILES string of the molecule is NC(=O)c1ccccc1C(=O)NCCN1CCOCC1. The van der Waals surface area contributed by atoms with Gasteiger partial charge >= 0.3 is 0 Å². The van der Waals surface area contributed by atoms with E-state index in [0.29, 0.717) is 12.1 Å². The second kappa shape index (κ2) is 7.02. The molecule has 1 saturated heterocycles. The van der Waals surface area contributed by atoms with Gasteiger partial charge in [-0.3, -0.25) is 14.5 Å². The Labute approximate surface area is 117 Å². The molecule has 1 aromatic rings. The van der Waals surface area contributed by atoms with Crippen LogP contribution in [0.25, 0.3) is 0 Å². The molecule has 0 unspecified atom stereocenters. The molecule has 0 atom stereocenters. The minimum Gasteiger partial charge on any atom is -0.379 e.